The van der Waals surface area contributed by atoms with Crippen LogP contribution in [0, 0.1) is 13.8 Å². The number of methoxy groups -OCH3 is 1. The second-order valence-corrected chi connectivity index (χ2v) is 10.2. The van der Waals surface area contributed by atoms with Crippen LogP contribution in [0.1, 0.15) is 43.0 Å². The summed E-state index contributed by atoms with van der Waals surface area (Å²) in [6.45, 7) is 11.2. The van der Waals surface area contributed by atoms with E-state index < -0.39 is 0 Å². The van der Waals surface area contributed by atoms with Gasteiger partial charge in [-0.3, -0.25) is 4.57 Å². The third-order valence-electron chi connectivity index (χ3n) is 5.90. The molecule has 0 aliphatic carbocycles. The molecule has 0 saturated heterocycles. The lowest BCUT2D eigenvalue weighted by Crippen LogP contribution is -2.12. The van der Waals surface area contributed by atoms with E-state index in [4.69, 9.17) is 4.74 Å². The van der Waals surface area contributed by atoms with Gasteiger partial charge in [-0.25, -0.2) is 0 Å². The molecule has 0 N–H and O–H groups in total. The zero-order valence-electron chi connectivity index (χ0n) is 20.2. The van der Waals surface area contributed by atoms with E-state index in [1.807, 2.05) is 42.5 Å². The van der Waals surface area contributed by atoms with Gasteiger partial charge in [0.1, 0.15) is 5.75 Å². The normalized spacial score (nSPS) is 11.6. The van der Waals surface area contributed by atoms with Gasteiger partial charge < -0.3 is 4.74 Å². The Hall–Kier alpha value is -3.05. The standard InChI is InChI=1S/C28H31N3OS/c1-19-16-21(28(3,4)5)17-20(2)24(19)18-33-27-30-29-26(23-14-10-11-15-25(23)32-6)31(27)22-12-8-7-9-13-22/h7-17H,18H2,1-6H3. The number of aryl methyl sites for hydroxylation is 2. The Morgan fingerprint density at radius 3 is 2.15 bits per heavy atom. The van der Waals surface area contributed by atoms with Gasteiger partial charge in [0, 0.05) is 11.4 Å². The highest BCUT2D eigenvalue weighted by atomic mass is 32.2. The Morgan fingerprint density at radius 1 is 0.879 bits per heavy atom. The molecule has 170 valence electrons. The molecule has 1 heterocycles. The summed E-state index contributed by atoms with van der Waals surface area (Å²) in [5.74, 6) is 2.39. The molecule has 3 aromatic carbocycles. The minimum absolute atomic E-state index is 0.137. The average molecular weight is 458 g/mol. The van der Waals surface area contributed by atoms with Crippen LogP contribution in [0.25, 0.3) is 17.1 Å². The quantitative estimate of drug-likeness (QED) is 0.288. The van der Waals surface area contributed by atoms with Gasteiger partial charge in [-0.1, -0.05) is 75.0 Å². The first-order chi connectivity index (χ1) is 15.8. The summed E-state index contributed by atoms with van der Waals surface area (Å²) in [5.41, 5.74) is 7.46. The molecule has 0 aliphatic heterocycles. The molecule has 0 unspecified atom stereocenters. The van der Waals surface area contributed by atoms with Gasteiger partial charge in [-0.05, 0) is 65.8 Å². The SMILES string of the molecule is COc1ccccc1-c1nnc(SCc2c(C)cc(C(C)(C)C)cc2C)n1-c1ccccc1. The van der Waals surface area contributed by atoms with E-state index in [1.165, 1.54) is 22.3 Å². The monoisotopic (exact) mass is 457 g/mol. The molecular weight excluding hydrogens is 426 g/mol. The molecule has 33 heavy (non-hydrogen) atoms. The molecule has 4 rings (SSSR count). The zero-order valence-corrected chi connectivity index (χ0v) is 21.0. The van der Waals surface area contributed by atoms with Crippen LogP contribution in [0.2, 0.25) is 0 Å². The summed E-state index contributed by atoms with van der Waals surface area (Å²) in [6.07, 6.45) is 0. The van der Waals surface area contributed by atoms with Gasteiger partial charge in [0.15, 0.2) is 11.0 Å². The van der Waals surface area contributed by atoms with E-state index in [1.54, 1.807) is 18.9 Å². The molecule has 0 radical (unpaired) electrons. The minimum atomic E-state index is 0.137. The topological polar surface area (TPSA) is 39.9 Å². The molecule has 0 aliphatic rings. The summed E-state index contributed by atoms with van der Waals surface area (Å²) in [6, 6.07) is 22.9. The summed E-state index contributed by atoms with van der Waals surface area (Å²) in [7, 11) is 1.69. The van der Waals surface area contributed by atoms with Crippen molar-refractivity contribution in [3.63, 3.8) is 0 Å². The van der Waals surface area contributed by atoms with Crippen LogP contribution >= 0.6 is 11.8 Å². The van der Waals surface area contributed by atoms with E-state index >= 15 is 0 Å². The van der Waals surface area contributed by atoms with Crippen molar-refractivity contribution in [1.29, 1.82) is 0 Å². The number of rotatable bonds is 6. The van der Waals surface area contributed by atoms with Crippen molar-refractivity contribution in [3.05, 3.63) is 89.0 Å². The third kappa shape index (κ3) is 4.83. The van der Waals surface area contributed by atoms with Crippen LogP contribution in [0.4, 0.5) is 0 Å². The van der Waals surface area contributed by atoms with Gasteiger partial charge in [0.05, 0.1) is 12.7 Å². The maximum absolute atomic E-state index is 5.61. The molecule has 0 fully saturated rings. The fraction of sp³-hybridized carbons (Fsp3) is 0.286. The Bertz CT molecular complexity index is 1230. The number of hydrogen-bond donors (Lipinski definition) is 0. The van der Waals surface area contributed by atoms with E-state index in [2.05, 4.69) is 73.6 Å². The summed E-state index contributed by atoms with van der Waals surface area (Å²) >= 11 is 1.71. The van der Waals surface area contributed by atoms with E-state index in [-0.39, 0.29) is 5.41 Å². The van der Waals surface area contributed by atoms with Crippen molar-refractivity contribution in [3.8, 4) is 22.8 Å². The predicted octanol–water partition coefficient (Wildman–Crippen LogP) is 7.15. The first-order valence-corrected chi connectivity index (χ1v) is 12.2. The van der Waals surface area contributed by atoms with Crippen LogP contribution < -0.4 is 4.74 Å². The number of aromatic nitrogens is 3. The second-order valence-electron chi connectivity index (χ2n) is 9.30. The van der Waals surface area contributed by atoms with Gasteiger partial charge in [0.2, 0.25) is 0 Å². The molecule has 5 heteroatoms. The third-order valence-corrected chi connectivity index (χ3v) is 6.86. The Labute approximate surface area is 201 Å². The van der Waals surface area contributed by atoms with Gasteiger partial charge in [0.25, 0.3) is 0 Å². The van der Waals surface area contributed by atoms with Gasteiger partial charge >= 0.3 is 0 Å². The molecule has 4 aromatic rings. The summed E-state index contributed by atoms with van der Waals surface area (Å²) in [4.78, 5) is 0. The molecule has 0 saturated carbocycles. The highest BCUT2D eigenvalue weighted by Gasteiger charge is 2.20. The number of nitrogens with zero attached hydrogens (tertiary/aromatic N) is 3. The molecule has 0 atom stereocenters. The highest BCUT2D eigenvalue weighted by molar-refractivity contribution is 7.98. The number of para-hydroxylation sites is 2. The van der Waals surface area contributed by atoms with Crippen LogP contribution in [-0.2, 0) is 11.2 Å². The van der Waals surface area contributed by atoms with Gasteiger partial charge in [-0.2, -0.15) is 0 Å². The van der Waals surface area contributed by atoms with Crippen LogP contribution in [0.15, 0.2) is 71.9 Å². The molecule has 0 spiro atoms. The first-order valence-electron chi connectivity index (χ1n) is 11.2. The Morgan fingerprint density at radius 2 is 1.52 bits per heavy atom. The van der Waals surface area contributed by atoms with Crippen molar-refractivity contribution in [2.75, 3.05) is 7.11 Å². The molecule has 4 nitrogen and oxygen atoms in total. The highest BCUT2D eigenvalue weighted by Crippen LogP contribution is 2.35. The number of hydrogen-bond acceptors (Lipinski definition) is 4. The van der Waals surface area contributed by atoms with E-state index in [0.717, 1.165) is 33.7 Å². The lowest BCUT2D eigenvalue weighted by Gasteiger charge is -2.22. The van der Waals surface area contributed by atoms with Crippen molar-refractivity contribution >= 4 is 11.8 Å². The van der Waals surface area contributed by atoms with Gasteiger partial charge in [-0.15, -0.1) is 10.2 Å². The van der Waals surface area contributed by atoms with E-state index in [0.29, 0.717) is 0 Å². The van der Waals surface area contributed by atoms with Crippen LogP contribution in [0.3, 0.4) is 0 Å². The first kappa shape index (κ1) is 23.1. The zero-order chi connectivity index (χ0) is 23.6. The predicted molar refractivity (Wildman–Crippen MR) is 138 cm³/mol. The second kappa shape index (κ2) is 9.44. The Kier molecular flexibility index (Phi) is 6.61. The Balaban J connectivity index is 1.73. The van der Waals surface area contributed by atoms with Crippen LogP contribution in [0.5, 0.6) is 5.75 Å². The average Bonchev–Trinajstić information content (AvgIpc) is 3.22. The molecular formula is C28H31N3OS. The lowest BCUT2D eigenvalue weighted by atomic mass is 9.84. The number of thioether (sulfide) groups is 1. The lowest BCUT2D eigenvalue weighted by molar-refractivity contribution is 0.416. The minimum Gasteiger partial charge on any atom is -0.496 e. The maximum atomic E-state index is 5.61. The van der Waals surface area contributed by atoms with E-state index in [9.17, 15) is 0 Å². The van der Waals surface area contributed by atoms with Crippen molar-refractivity contribution in [2.24, 2.45) is 0 Å². The smallest absolute Gasteiger partial charge is 0.196 e. The van der Waals surface area contributed by atoms with Crippen molar-refractivity contribution in [2.45, 2.75) is 50.9 Å². The maximum Gasteiger partial charge on any atom is 0.196 e. The fourth-order valence-corrected chi connectivity index (χ4v) is 5.12. The number of benzene rings is 3. The largest absolute Gasteiger partial charge is 0.496 e. The summed E-state index contributed by atoms with van der Waals surface area (Å²) < 4.78 is 7.73. The molecule has 1 aromatic heterocycles. The van der Waals surface area contributed by atoms with Crippen LogP contribution in [-0.4, -0.2) is 21.9 Å². The molecule has 0 bridgehead atoms. The summed E-state index contributed by atoms with van der Waals surface area (Å²) in [5, 5.41) is 10.0. The van der Waals surface area contributed by atoms with Crippen molar-refractivity contribution in [1.82, 2.24) is 14.8 Å². The van der Waals surface area contributed by atoms with Crippen molar-refractivity contribution < 1.29 is 4.74 Å². The molecule has 0 amide bonds. The fourth-order valence-electron chi connectivity index (χ4n) is 3.97. The number of ether oxygens (including phenoxy) is 1.